The molecule has 0 saturated heterocycles. The molecule has 1 amide bonds. The first-order chi connectivity index (χ1) is 9.27. The molecule has 0 aliphatic heterocycles. The van der Waals surface area contributed by atoms with Crippen LogP contribution in [0.25, 0.3) is 0 Å². The fraction of sp³-hybridized carbons (Fsp3) is 0.286. The Morgan fingerprint density at radius 2 is 2.10 bits per heavy atom. The zero-order chi connectivity index (χ0) is 14.9. The lowest BCUT2D eigenvalue weighted by Crippen LogP contribution is -2.14. The van der Waals surface area contributed by atoms with Crippen molar-refractivity contribution >= 4 is 38.3 Å². The molecule has 0 aliphatic rings. The van der Waals surface area contributed by atoms with Crippen LogP contribution in [0.1, 0.15) is 36.8 Å². The summed E-state index contributed by atoms with van der Waals surface area (Å²) in [7, 11) is 0. The Kier molecular flexibility index (Phi) is 4.15. The number of carbonyl (C=O) groups excluding carboxylic acids is 1. The first kappa shape index (κ1) is 15.0. The summed E-state index contributed by atoms with van der Waals surface area (Å²) in [6, 6.07) is 4.68. The smallest absolute Gasteiger partial charge is 0.257 e. The molecule has 0 saturated carbocycles. The Morgan fingerprint density at radius 3 is 2.65 bits per heavy atom. The minimum atomic E-state index is -0.289. The number of carbonyl (C=O) groups is 1. The second-order valence-corrected chi connectivity index (χ2v) is 7.12. The maximum Gasteiger partial charge on any atom is 0.257 e. The van der Waals surface area contributed by atoms with Crippen LogP contribution < -0.4 is 5.32 Å². The van der Waals surface area contributed by atoms with E-state index in [0.29, 0.717) is 15.2 Å². The topological polar surface area (TPSA) is 62.2 Å². The molecule has 2 aromatic rings. The molecule has 0 radical (unpaired) electrons. The average molecular weight is 355 g/mol. The second kappa shape index (κ2) is 5.54. The van der Waals surface area contributed by atoms with Crippen LogP contribution >= 0.6 is 27.3 Å². The number of nitrogens with zero attached hydrogens (tertiary/aromatic N) is 1. The third-order valence-electron chi connectivity index (χ3n) is 2.70. The van der Waals surface area contributed by atoms with E-state index in [1.165, 1.54) is 17.4 Å². The van der Waals surface area contributed by atoms with Crippen LogP contribution in [0.2, 0.25) is 0 Å². The molecule has 0 spiro atoms. The van der Waals surface area contributed by atoms with Gasteiger partial charge in [0.25, 0.3) is 5.91 Å². The highest BCUT2D eigenvalue weighted by molar-refractivity contribution is 9.10. The first-order valence-corrected chi connectivity index (χ1v) is 7.70. The highest BCUT2D eigenvalue weighted by Gasteiger charge is 2.18. The molecule has 2 rings (SSSR count). The van der Waals surface area contributed by atoms with Crippen molar-refractivity contribution in [3.8, 4) is 5.75 Å². The number of amides is 1. The number of hydrogen-bond donors (Lipinski definition) is 2. The zero-order valence-electron chi connectivity index (χ0n) is 11.4. The molecule has 106 valence electrons. The van der Waals surface area contributed by atoms with Crippen LogP contribution in [0.4, 0.5) is 5.13 Å². The zero-order valence-corrected chi connectivity index (χ0v) is 13.8. The summed E-state index contributed by atoms with van der Waals surface area (Å²) in [6.45, 7) is 6.21. The van der Waals surface area contributed by atoms with Crippen molar-refractivity contribution in [3.63, 3.8) is 0 Å². The van der Waals surface area contributed by atoms with Crippen LogP contribution in [0.5, 0.6) is 5.75 Å². The first-order valence-electron chi connectivity index (χ1n) is 6.03. The molecule has 1 aromatic carbocycles. The predicted octanol–water partition coefficient (Wildman–Crippen LogP) is 4.16. The van der Waals surface area contributed by atoms with E-state index in [1.54, 1.807) is 12.1 Å². The largest absolute Gasteiger partial charge is 0.507 e. The highest BCUT2D eigenvalue weighted by Crippen LogP contribution is 2.27. The van der Waals surface area contributed by atoms with Gasteiger partial charge in [-0.2, -0.15) is 0 Å². The molecule has 2 N–H and O–H groups in total. The van der Waals surface area contributed by atoms with Gasteiger partial charge >= 0.3 is 0 Å². The van der Waals surface area contributed by atoms with E-state index in [1.807, 2.05) is 5.38 Å². The Labute approximate surface area is 130 Å². The summed E-state index contributed by atoms with van der Waals surface area (Å²) in [4.78, 5) is 16.5. The number of anilines is 1. The maximum atomic E-state index is 12.1. The van der Waals surface area contributed by atoms with Crippen molar-refractivity contribution in [3.05, 3.63) is 39.3 Å². The van der Waals surface area contributed by atoms with Gasteiger partial charge in [-0.1, -0.05) is 20.8 Å². The highest BCUT2D eigenvalue weighted by atomic mass is 79.9. The number of aromatic hydroxyl groups is 1. The summed E-state index contributed by atoms with van der Waals surface area (Å²) in [5.74, 6) is -0.255. The molecule has 6 heteroatoms. The predicted molar refractivity (Wildman–Crippen MR) is 84.6 cm³/mol. The van der Waals surface area contributed by atoms with E-state index in [-0.39, 0.29) is 17.1 Å². The normalized spacial score (nSPS) is 11.4. The Morgan fingerprint density at radius 1 is 1.40 bits per heavy atom. The van der Waals surface area contributed by atoms with Gasteiger partial charge in [0.1, 0.15) is 5.75 Å². The standard InChI is InChI=1S/C14H15BrN2O2S/c1-14(2,3)11-7-20-13(16-11)17-12(19)8-4-5-9(15)10(18)6-8/h4-7,18H,1-3H3,(H,16,17,19). The van der Waals surface area contributed by atoms with Crippen molar-refractivity contribution in [2.45, 2.75) is 26.2 Å². The number of halogens is 1. The Balaban J connectivity index is 2.15. The average Bonchev–Trinajstić information content (AvgIpc) is 2.81. The van der Waals surface area contributed by atoms with Crippen LogP contribution in [-0.4, -0.2) is 16.0 Å². The number of thiazole rings is 1. The third kappa shape index (κ3) is 3.37. The molecular formula is C14H15BrN2O2S. The van der Waals surface area contributed by atoms with Gasteiger partial charge in [0, 0.05) is 16.4 Å². The number of hydrogen-bond acceptors (Lipinski definition) is 4. The van der Waals surface area contributed by atoms with Crippen LogP contribution in [-0.2, 0) is 5.41 Å². The van der Waals surface area contributed by atoms with Gasteiger partial charge in [-0.3, -0.25) is 10.1 Å². The van der Waals surface area contributed by atoms with Gasteiger partial charge in [0.15, 0.2) is 5.13 Å². The van der Waals surface area contributed by atoms with E-state index < -0.39 is 0 Å². The van der Waals surface area contributed by atoms with E-state index in [9.17, 15) is 9.90 Å². The molecule has 1 aromatic heterocycles. The summed E-state index contributed by atoms with van der Waals surface area (Å²) in [5, 5.41) is 14.8. The van der Waals surface area contributed by atoms with Gasteiger partial charge in [-0.15, -0.1) is 11.3 Å². The third-order valence-corrected chi connectivity index (χ3v) is 4.13. The molecule has 0 bridgehead atoms. The van der Waals surface area contributed by atoms with Crippen LogP contribution in [0.3, 0.4) is 0 Å². The van der Waals surface area contributed by atoms with Crippen molar-refractivity contribution in [2.75, 3.05) is 5.32 Å². The van der Waals surface area contributed by atoms with E-state index in [0.717, 1.165) is 5.69 Å². The van der Waals surface area contributed by atoms with Crippen molar-refractivity contribution < 1.29 is 9.90 Å². The molecule has 0 fully saturated rings. The lowest BCUT2D eigenvalue weighted by Gasteiger charge is -2.14. The number of phenols is 1. The van der Waals surface area contributed by atoms with E-state index in [2.05, 4.69) is 47.0 Å². The molecule has 0 unspecified atom stereocenters. The SMILES string of the molecule is CC(C)(C)c1csc(NC(=O)c2ccc(Br)c(O)c2)n1. The second-order valence-electron chi connectivity index (χ2n) is 5.41. The molecule has 4 nitrogen and oxygen atoms in total. The van der Waals surface area contributed by atoms with Crippen molar-refractivity contribution in [2.24, 2.45) is 0 Å². The van der Waals surface area contributed by atoms with Crippen molar-refractivity contribution in [1.29, 1.82) is 0 Å². The fourth-order valence-electron chi connectivity index (χ4n) is 1.50. The maximum absolute atomic E-state index is 12.1. The number of rotatable bonds is 2. The summed E-state index contributed by atoms with van der Waals surface area (Å²) >= 11 is 4.57. The van der Waals surface area contributed by atoms with Gasteiger partial charge in [-0.05, 0) is 34.1 Å². The monoisotopic (exact) mass is 354 g/mol. The quantitative estimate of drug-likeness (QED) is 0.850. The lowest BCUT2D eigenvalue weighted by atomic mass is 9.93. The molecular weight excluding hydrogens is 340 g/mol. The Hall–Kier alpha value is -1.40. The molecule has 1 heterocycles. The van der Waals surface area contributed by atoms with Gasteiger partial charge in [0.2, 0.25) is 0 Å². The van der Waals surface area contributed by atoms with Gasteiger partial charge in [0.05, 0.1) is 10.2 Å². The number of benzene rings is 1. The number of aromatic nitrogens is 1. The lowest BCUT2D eigenvalue weighted by molar-refractivity contribution is 0.102. The Bertz CT molecular complexity index is 647. The van der Waals surface area contributed by atoms with E-state index >= 15 is 0 Å². The van der Waals surface area contributed by atoms with Crippen LogP contribution in [0, 0.1) is 0 Å². The van der Waals surface area contributed by atoms with Crippen LogP contribution in [0.15, 0.2) is 28.1 Å². The number of phenolic OH excluding ortho intramolecular Hbond substituents is 1. The van der Waals surface area contributed by atoms with Gasteiger partial charge in [-0.25, -0.2) is 4.98 Å². The summed E-state index contributed by atoms with van der Waals surface area (Å²) in [5.41, 5.74) is 1.28. The van der Waals surface area contributed by atoms with E-state index in [4.69, 9.17) is 0 Å². The summed E-state index contributed by atoms with van der Waals surface area (Å²) in [6.07, 6.45) is 0. The molecule has 20 heavy (non-hydrogen) atoms. The fourth-order valence-corrected chi connectivity index (χ4v) is 2.68. The van der Waals surface area contributed by atoms with Crippen molar-refractivity contribution in [1.82, 2.24) is 4.98 Å². The number of nitrogens with one attached hydrogen (secondary N) is 1. The molecule has 0 atom stereocenters. The summed E-state index contributed by atoms with van der Waals surface area (Å²) < 4.78 is 0.554. The van der Waals surface area contributed by atoms with Gasteiger partial charge < -0.3 is 5.11 Å². The minimum Gasteiger partial charge on any atom is -0.507 e. The molecule has 0 aliphatic carbocycles. The minimum absolute atomic E-state index is 0.0344.